The number of hydrogen-bond acceptors (Lipinski definition) is 3. The highest BCUT2D eigenvalue weighted by atomic mass is 79.9. The molecule has 0 saturated carbocycles. The Morgan fingerprint density at radius 2 is 1.91 bits per heavy atom. The minimum Gasteiger partial charge on any atom is -0.319 e. The number of rotatable bonds is 2. The summed E-state index contributed by atoms with van der Waals surface area (Å²) in [5.41, 5.74) is 1.50. The van der Waals surface area contributed by atoms with Crippen molar-refractivity contribution in [3.63, 3.8) is 0 Å². The molecule has 3 aromatic rings. The van der Waals surface area contributed by atoms with Crippen LogP contribution in [0.25, 0.3) is 10.9 Å². The third kappa shape index (κ3) is 3.74. The molecule has 22 heavy (non-hydrogen) atoms. The van der Waals surface area contributed by atoms with Crippen LogP contribution in [0.5, 0.6) is 0 Å². The first-order valence-corrected chi connectivity index (χ1v) is 9.15. The van der Waals surface area contributed by atoms with E-state index < -0.39 is 0 Å². The van der Waals surface area contributed by atoms with Gasteiger partial charge in [0.25, 0.3) is 5.91 Å². The summed E-state index contributed by atoms with van der Waals surface area (Å²) in [6, 6.07) is 11.4. The lowest BCUT2D eigenvalue weighted by molar-refractivity contribution is 0.103. The molecule has 0 atom stereocenters. The number of para-hydroxylation sites is 1. The van der Waals surface area contributed by atoms with Crippen molar-refractivity contribution in [3.05, 3.63) is 55.7 Å². The van der Waals surface area contributed by atoms with Crippen LogP contribution in [0.4, 0.5) is 5.69 Å². The minimum atomic E-state index is -0.147. The van der Waals surface area contributed by atoms with Crippen molar-refractivity contribution < 1.29 is 4.79 Å². The zero-order chi connectivity index (χ0) is 16.1. The first-order valence-electron chi connectivity index (χ1n) is 6.75. The molecule has 2 heterocycles. The number of benzene rings is 1. The highest BCUT2D eigenvalue weighted by Gasteiger charge is 2.15. The standard InChI is InChI=1S/C14H8Br2N2OS.C2H6/c15-9-7-11(16)20-13(9)14(19)18-10-5-1-3-8-4-2-6-17-12(8)10;1-2/h1-7H,(H,18,19);1-2H3. The molecule has 0 aliphatic carbocycles. The molecule has 3 nitrogen and oxygen atoms in total. The molecule has 114 valence electrons. The van der Waals surface area contributed by atoms with Gasteiger partial charge in [0.05, 0.1) is 15.0 Å². The number of fused-ring (bicyclic) bond motifs is 1. The molecule has 0 aliphatic heterocycles. The molecular formula is C16H14Br2N2OS. The van der Waals surface area contributed by atoms with Crippen LogP contribution in [0.3, 0.4) is 0 Å². The smallest absolute Gasteiger partial charge is 0.266 e. The molecule has 1 aromatic carbocycles. The average molecular weight is 442 g/mol. The number of nitrogens with one attached hydrogen (secondary N) is 1. The first-order chi connectivity index (χ1) is 10.6. The first kappa shape index (κ1) is 17.1. The van der Waals surface area contributed by atoms with E-state index in [-0.39, 0.29) is 5.91 Å². The Morgan fingerprint density at radius 3 is 2.59 bits per heavy atom. The normalized spacial score (nSPS) is 10.0. The van der Waals surface area contributed by atoms with Crippen LogP contribution in [-0.2, 0) is 0 Å². The second kappa shape index (κ2) is 7.85. The molecular weight excluding hydrogens is 428 g/mol. The largest absolute Gasteiger partial charge is 0.319 e. The molecule has 6 heteroatoms. The maximum Gasteiger partial charge on any atom is 0.266 e. The van der Waals surface area contributed by atoms with Crippen LogP contribution in [0.1, 0.15) is 23.5 Å². The summed E-state index contributed by atoms with van der Waals surface area (Å²) >= 11 is 8.14. The van der Waals surface area contributed by atoms with Gasteiger partial charge in [-0.3, -0.25) is 9.78 Å². The highest BCUT2D eigenvalue weighted by molar-refractivity contribution is 9.11. The molecule has 0 unspecified atom stereocenters. The van der Waals surface area contributed by atoms with Crippen molar-refractivity contribution in [1.82, 2.24) is 4.98 Å². The van der Waals surface area contributed by atoms with Crippen LogP contribution in [0.2, 0.25) is 0 Å². The molecule has 0 spiro atoms. The lowest BCUT2D eigenvalue weighted by atomic mass is 10.2. The van der Waals surface area contributed by atoms with Crippen LogP contribution < -0.4 is 5.32 Å². The monoisotopic (exact) mass is 440 g/mol. The number of thiophene rings is 1. The summed E-state index contributed by atoms with van der Waals surface area (Å²) in [5.74, 6) is -0.147. The van der Waals surface area contributed by atoms with E-state index in [0.717, 1.165) is 19.2 Å². The van der Waals surface area contributed by atoms with Gasteiger partial charge in [0.2, 0.25) is 0 Å². The molecule has 0 bridgehead atoms. The van der Waals surface area contributed by atoms with Crippen molar-refractivity contribution in [2.45, 2.75) is 13.8 Å². The number of anilines is 1. The summed E-state index contributed by atoms with van der Waals surface area (Å²) in [4.78, 5) is 17.3. The van der Waals surface area contributed by atoms with Crippen molar-refractivity contribution in [1.29, 1.82) is 0 Å². The molecule has 2 aromatic heterocycles. The number of halogens is 2. The summed E-state index contributed by atoms with van der Waals surface area (Å²) in [5, 5.41) is 3.91. The lowest BCUT2D eigenvalue weighted by Gasteiger charge is -2.07. The summed E-state index contributed by atoms with van der Waals surface area (Å²) in [6.45, 7) is 4.00. The van der Waals surface area contributed by atoms with Crippen LogP contribution in [0.15, 0.2) is 50.9 Å². The molecule has 0 fully saturated rings. The number of aromatic nitrogens is 1. The summed E-state index contributed by atoms with van der Waals surface area (Å²) in [7, 11) is 0. The molecule has 0 saturated heterocycles. The molecule has 1 amide bonds. The van der Waals surface area contributed by atoms with Gasteiger partial charge in [-0.15, -0.1) is 11.3 Å². The number of carbonyl (C=O) groups excluding carboxylic acids is 1. The maximum absolute atomic E-state index is 12.3. The maximum atomic E-state index is 12.3. The fourth-order valence-corrected chi connectivity index (χ4v) is 4.38. The van der Waals surface area contributed by atoms with Gasteiger partial charge in [-0.25, -0.2) is 0 Å². The minimum absolute atomic E-state index is 0.147. The van der Waals surface area contributed by atoms with Crippen LogP contribution in [0, 0.1) is 0 Å². The van der Waals surface area contributed by atoms with Gasteiger partial charge in [-0.1, -0.05) is 32.0 Å². The van der Waals surface area contributed by atoms with Gasteiger partial charge in [0, 0.05) is 16.1 Å². The SMILES string of the molecule is CC.O=C(Nc1cccc2cccnc12)c1sc(Br)cc1Br. The molecule has 1 N–H and O–H groups in total. The van der Waals surface area contributed by atoms with Crippen LogP contribution in [-0.4, -0.2) is 10.9 Å². The van der Waals surface area contributed by atoms with Crippen molar-refractivity contribution in [3.8, 4) is 0 Å². The van der Waals surface area contributed by atoms with E-state index in [4.69, 9.17) is 0 Å². The third-order valence-electron chi connectivity index (χ3n) is 2.74. The average Bonchev–Trinajstić information content (AvgIpc) is 2.88. The number of amides is 1. The van der Waals surface area contributed by atoms with Crippen molar-refractivity contribution >= 4 is 65.7 Å². The quantitative estimate of drug-likeness (QED) is 0.521. The van der Waals surface area contributed by atoms with Gasteiger partial charge in [-0.2, -0.15) is 0 Å². The van der Waals surface area contributed by atoms with E-state index in [1.54, 1.807) is 6.20 Å². The zero-order valence-corrected chi connectivity index (χ0v) is 16.0. The number of nitrogens with zero attached hydrogens (tertiary/aromatic N) is 1. The zero-order valence-electron chi connectivity index (χ0n) is 12.1. The van der Waals surface area contributed by atoms with E-state index in [2.05, 4.69) is 42.2 Å². The van der Waals surface area contributed by atoms with Gasteiger partial charge < -0.3 is 5.32 Å². The Hall–Kier alpha value is -1.24. The highest BCUT2D eigenvalue weighted by Crippen LogP contribution is 2.32. The van der Waals surface area contributed by atoms with E-state index in [1.165, 1.54) is 11.3 Å². The summed E-state index contributed by atoms with van der Waals surface area (Å²) in [6.07, 6.45) is 1.72. The van der Waals surface area contributed by atoms with E-state index in [9.17, 15) is 4.79 Å². The fraction of sp³-hybridized carbons (Fsp3) is 0.125. The van der Waals surface area contributed by atoms with Gasteiger partial charge in [-0.05, 0) is 50.1 Å². The Bertz CT molecular complexity index is 796. The second-order valence-corrected chi connectivity index (χ2v) is 7.35. The van der Waals surface area contributed by atoms with Crippen molar-refractivity contribution in [2.24, 2.45) is 0 Å². The molecule has 3 rings (SSSR count). The predicted molar refractivity (Wildman–Crippen MR) is 101 cm³/mol. The summed E-state index contributed by atoms with van der Waals surface area (Å²) < 4.78 is 1.69. The van der Waals surface area contributed by atoms with Gasteiger partial charge in [0.1, 0.15) is 4.88 Å². The fourth-order valence-electron chi connectivity index (χ4n) is 1.88. The second-order valence-electron chi connectivity index (χ2n) is 4.06. The Kier molecular flexibility index (Phi) is 6.11. The van der Waals surface area contributed by atoms with E-state index in [0.29, 0.717) is 10.6 Å². The third-order valence-corrected chi connectivity index (χ3v) is 5.27. The number of hydrogen-bond donors (Lipinski definition) is 1. The topological polar surface area (TPSA) is 42.0 Å². The lowest BCUT2D eigenvalue weighted by Crippen LogP contribution is -2.11. The molecule has 0 radical (unpaired) electrons. The molecule has 0 aliphatic rings. The Morgan fingerprint density at radius 1 is 1.18 bits per heavy atom. The number of carbonyl (C=O) groups is 1. The van der Waals surface area contributed by atoms with Gasteiger partial charge in [0.15, 0.2) is 0 Å². The number of pyridine rings is 1. The van der Waals surface area contributed by atoms with Gasteiger partial charge >= 0.3 is 0 Å². The van der Waals surface area contributed by atoms with Crippen molar-refractivity contribution in [2.75, 3.05) is 5.32 Å². The Labute approximate surface area is 150 Å². The van der Waals surface area contributed by atoms with Crippen LogP contribution >= 0.6 is 43.2 Å². The van der Waals surface area contributed by atoms with E-state index >= 15 is 0 Å². The predicted octanol–water partition coefficient (Wildman–Crippen LogP) is 6.10. The van der Waals surface area contributed by atoms with E-state index in [1.807, 2.05) is 50.2 Å². The Balaban J connectivity index is 0.000000847.